The van der Waals surface area contributed by atoms with Gasteiger partial charge in [-0.2, -0.15) is 5.10 Å². The number of carbonyl (C=O) groups excluding carboxylic acids is 1. The monoisotopic (exact) mass is 399 g/mol. The predicted molar refractivity (Wildman–Crippen MR) is 88.0 cm³/mol. The summed E-state index contributed by atoms with van der Waals surface area (Å²) in [6.45, 7) is 0. The van der Waals surface area contributed by atoms with Crippen molar-refractivity contribution in [3.8, 4) is 11.3 Å². The van der Waals surface area contributed by atoms with E-state index < -0.39 is 0 Å². The Hall–Kier alpha value is -1.14. The van der Waals surface area contributed by atoms with E-state index in [4.69, 9.17) is 0 Å². The molecule has 0 saturated carbocycles. The van der Waals surface area contributed by atoms with Crippen molar-refractivity contribution in [3.63, 3.8) is 0 Å². The largest absolute Gasteiger partial charge is 0.311 e. The Kier molecular flexibility index (Phi) is 5.79. The highest BCUT2D eigenvalue weighted by Crippen LogP contribution is 2.23. The Labute approximate surface area is 134 Å². The molecule has 1 amide bonds. The van der Waals surface area contributed by atoms with E-state index in [9.17, 15) is 4.79 Å². The number of benzene rings is 1. The summed E-state index contributed by atoms with van der Waals surface area (Å²) in [6, 6.07) is 9.71. The average molecular weight is 401 g/mol. The second-order valence-corrected chi connectivity index (χ2v) is 6.08. The standard InChI is InChI=1S/C14H15Br2N3O/c15-7-2-1-6-14(20)17-13-9-12(18-19-13)10-4-3-5-11(16)8-10/h3-5,8-9H,1-2,6-7H2,(H2,17,18,19,20). The quantitative estimate of drug-likeness (QED) is 0.559. The van der Waals surface area contributed by atoms with Gasteiger partial charge < -0.3 is 5.32 Å². The van der Waals surface area contributed by atoms with E-state index in [1.807, 2.05) is 30.3 Å². The summed E-state index contributed by atoms with van der Waals surface area (Å²) in [5.41, 5.74) is 1.80. The Morgan fingerprint density at radius 2 is 2.15 bits per heavy atom. The lowest BCUT2D eigenvalue weighted by Crippen LogP contribution is -2.11. The summed E-state index contributed by atoms with van der Waals surface area (Å²) in [7, 11) is 0. The molecule has 6 heteroatoms. The number of nitrogens with zero attached hydrogens (tertiary/aromatic N) is 1. The van der Waals surface area contributed by atoms with Gasteiger partial charge >= 0.3 is 0 Å². The summed E-state index contributed by atoms with van der Waals surface area (Å²) in [5, 5.41) is 10.8. The number of anilines is 1. The van der Waals surface area contributed by atoms with Gasteiger partial charge in [-0.15, -0.1) is 0 Å². The molecule has 0 unspecified atom stereocenters. The second-order valence-electron chi connectivity index (χ2n) is 4.37. The molecule has 4 nitrogen and oxygen atoms in total. The molecule has 2 aromatic rings. The lowest BCUT2D eigenvalue weighted by atomic mass is 10.1. The van der Waals surface area contributed by atoms with Crippen LogP contribution < -0.4 is 5.32 Å². The summed E-state index contributed by atoms with van der Waals surface area (Å²) >= 11 is 6.78. The second kappa shape index (κ2) is 7.59. The van der Waals surface area contributed by atoms with Gasteiger partial charge in [-0.1, -0.05) is 44.0 Å². The Morgan fingerprint density at radius 1 is 1.30 bits per heavy atom. The van der Waals surface area contributed by atoms with Gasteiger partial charge in [0.05, 0.1) is 5.69 Å². The highest BCUT2D eigenvalue weighted by molar-refractivity contribution is 9.10. The Morgan fingerprint density at radius 3 is 2.90 bits per heavy atom. The van der Waals surface area contributed by atoms with Crippen molar-refractivity contribution >= 4 is 43.6 Å². The molecule has 0 fully saturated rings. The van der Waals surface area contributed by atoms with Crippen LogP contribution in [0.15, 0.2) is 34.8 Å². The summed E-state index contributed by atoms with van der Waals surface area (Å²) in [6.07, 6.45) is 2.40. The number of hydrogen-bond donors (Lipinski definition) is 2. The molecule has 1 heterocycles. The molecule has 0 bridgehead atoms. The van der Waals surface area contributed by atoms with Gasteiger partial charge in [0, 0.05) is 27.9 Å². The minimum atomic E-state index is 0.00962. The third kappa shape index (κ3) is 4.45. The van der Waals surface area contributed by atoms with Crippen LogP contribution in [0.4, 0.5) is 5.82 Å². The molecule has 106 valence electrons. The number of halogens is 2. The number of carbonyl (C=O) groups is 1. The van der Waals surface area contributed by atoms with Crippen LogP contribution in [0.1, 0.15) is 19.3 Å². The van der Waals surface area contributed by atoms with Crippen LogP contribution in [0, 0.1) is 0 Å². The smallest absolute Gasteiger partial charge is 0.225 e. The summed E-state index contributed by atoms with van der Waals surface area (Å²) in [4.78, 5) is 11.7. The van der Waals surface area contributed by atoms with Gasteiger partial charge in [-0.3, -0.25) is 9.89 Å². The van der Waals surface area contributed by atoms with Gasteiger partial charge in [0.2, 0.25) is 5.91 Å². The van der Waals surface area contributed by atoms with Crippen LogP contribution in [0.25, 0.3) is 11.3 Å². The SMILES string of the molecule is O=C(CCCCBr)Nc1cc(-c2cccc(Br)c2)n[nH]1. The molecule has 2 rings (SSSR count). The molecular formula is C14H15Br2N3O. The lowest BCUT2D eigenvalue weighted by Gasteiger charge is -2.00. The minimum Gasteiger partial charge on any atom is -0.311 e. The number of alkyl halides is 1. The van der Waals surface area contributed by atoms with E-state index >= 15 is 0 Å². The maximum absolute atomic E-state index is 11.7. The molecule has 0 aliphatic rings. The van der Waals surface area contributed by atoms with Gasteiger partial charge in [-0.25, -0.2) is 0 Å². The van der Waals surface area contributed by atoms with Crippen molar-refractivity contribution in [2.75, 3.05) is 10.6 Å². The van der Waals surface area contributed by atoms with E-state index in [1.54, 1.807) is 0 Å². The fraction of sp³-hybridized carbons (Fsp3) is 0.286. The van der Waals surface area contributed by atoms with E-state index in [2.05, 4.69) is 47.4 Å². The van der Waals surface area contributed by atoms with Crippen molar-refractivity contribution in [1.82, 2.24) is 10.2 Å². The number of unbranched alkanes of at least 4 members (excludes halogenated alkanes) is 1. The number of hydrogen-bond acceptors (Lipinski definition) is 2. The zero-order chi connectivity index (χ0) is 14.4. The minimum absolute atomic E-state index is 0.00962. The molecule has 1 aromatic carbocycles. The summed E-state index contributed by atoms with van der Waals surface area (Å²) < 4.78 is 0.998. The van der Waals surface area contributed by atoms with Gasteiger partial charge in [0.1, 0.15) is 5.82 Å². The number of aromatic nitrogens is 2. The van der Waals surface area contributed by atoms with Crippen molar-refractivity contribution < 1.29 is 4.79 Å². The number of rotatable bonds is 6. The van der Waals surface area contributed by atoms with Crippen molar-refractivity contribution in [2.24, 2.45) is 0 Å². The Bertz CT molecular complexity index is 583. The summed E-state index contributed by atoms with van der Waals surface area (Å²) in [5.74, 6) is 0.638. The molecule has 20 heavy (non-hydrogen) atoms. The first-order valence-electron chi connectivity index (χ1n) is 6.36. The lowest BCUT2D eigenvalue weighted by molar-refractivity contribution is -0.116. The first kappa shape index (κ1) is 15.3. The highest BCUT2D eigenvalue weighted by atomic mass is 79.9. The number of nitrogens with one attached hydrogen (secondary N) is 2. The molecule has 0 aliphatic heterocycles. The van der Waals surface area contributed by atoms with Crippen LogP contribution in [-0.2, 0) is 4.79 Å². The van der Waals surface area contributed by atoms with E-state index in [-0.39, 0.29) is 5.91 Å². The number of H-pyrrole nitrogens is 1. The van der Waals surface area contributed by atoms with Crippen molar-refractivity contribution in [3.05, 3.63) is 34.8 Å². The molecule has 2 N–H and O–H groups in total. The van der Waals surface area contributed by atoms with E-state index in [1.165, 1.54) is 0 Å². The van der Waals surface area contributed by atoms with Gasteiger partial charge in [0.25, 0.3) is 0 Å². The Balaban J connectivity index is 1.97. The van der Waals surface area contributed by atoms with Gasteiger partial charge in [0.15, 0.2) is 0 Å². The van der Waals surface area contributed by atoms with Crippen LogP contribution in [0.5, 0.6) is 0 Å². The fourth-order valence-electron chi connectivity index (χ4n) is 1.77. The van der Waals surface area contributed by atoms with E-state index in [0.29, 0.717) is 12.2 Å². The van der Waals surface area contributed by atoms with Crippen molar-refractivity contribution in [2.45, 2.75) is 19.3 Å². The maximum Gasteiger partial charge on any atom is 0.225 e. The van der Waals surface area contributed by atoms with Crippen molar-refractivity contribution in [1.29, 1.82) is 0 Å². The zero-order valence-corrected chi connectivity index (χ0v) is 14.0. The normalized spacial score (nSPS) is 10.5. The number of aromatic amines is 1. The van der Waals surface area contributed by atoms with Crippen LogP contribution in [0.2, 0.25) is 0 Å². The van der Waals surface area contributed by atoms with Crippen LogP contribution >= 0.6 is 31.9 Å². The maximum atomic E-state index is 11.7. The third-order valence-corrected chi connectivity index (χ3v) is 3.81. The molecular weight excluding hydrogens is 386 g/mol. The number of amides is 1. The van der Waals surface area contributed by atoms with E-state index in [0.717, 1.165) is 33.9 Å². The zero-order valence-electron chi connectivity index (χ0n) is 10.8. The predicted octanol–water partition coefficient (Wildman–Crippen LogP) is 4.34. The van der Waals surface area contributed by atoms with Crippen LogP contribution in [-0.4, -0.2) is 21.4 Å². The fourth-order valence-corrected chi connectivity index (χ4v) is 2.57. The topological polar surface area (TPSA) is 57.8 Å². The molecule has 0 saturated heterocycles. The molecule has 1 aromatic heterocycles. The highest BCUT2D eigenvalue weighted by Gasteiger charge is 2.07. The average Bonchev–Trinajstić information content (AvgIpc) is 2.87. The van der Waals surface area contributed by atoms with Crippen LogP contribution in [0.3, 0.4) is 0 Å². The molecule has 0 radical (unpaired) electrons. The molecule has 0 aliphatic carbocycles. The third-order valence-electron chi connectivity index (χ3n) is 2.76. The molecule has 0 spiro atoms. The first-order valence-corrected chi connectivity index (χ1v) is 8.27. The first-order chi connectivity index (χ1) is 9.69. The van der Waals surface area contributed by atoms with Gasteiger partial charge in [-0.05, 0) is 25.0 Å². The molecule has 0 atom stereocenters.